The molecule has 2 unspecified atom stereocenters. The zero-order valence-corrected chi connectivity index (χ0v) is 23.2. The summed E-state index contributed by atoms with van der Waals surface area (Å²) in [6.45, 7) is 6.72. The van der Waals surface area contributed by atoms with Crippen LogP contribution in [0.4, 0.5) is 18.0 Å². The van der Waals surface area contributed by atoms with E-state index < -0.39 is 23.2 Å². The Morgan fingerprint density at radius 3 is 2.68 bits per heavy atom. The SMILES string of the molecule is CC(C)(C)NC(=O)N1CCC2=C(c3cccc(C(F)(F)F)c3)C=CC(C(=O)NCCc3cn4cccnc4n3)C2C1. The molecule has 1 saturated heterocycles. The first kappa shape index (κ1) is 28.4. The second kappa shape index (κ2) is 11.0. The molecule has 8 nitrogen and oxygen atoms in total. The third-order valence-corrected chi connectivity index (χ3v) is 7.30. The van der Waals surface area contributed by atoms with Crippen LogP contribution in [0.1, 0.15) is 44.0 Å². The molecule has 3 amide bonds. The van der Waals surface area contributed by atoms with Gasteiger partial charge in [0.25, 0.3) is 0 Å². The Labute approximate surface area is 236 Å². The summed E-state index contributed by atoms with van der Waals surface area (Å²) < 4.78 is 42.2. The topological polar surface area (TPSA) is 91.6 Å². The summed E-state index contributed by atoms with van der Waals surface area (Å²) in [5.74, 6) is -0.570. The van der Waals surface area contributed by atoms with Crippen LogP contribution in [0.3, 0.4) is 0 Å². The molecule has 1 aromatic carbocycles. The highest BCUT2D eigenvalue weighted by Gasteiger charge is 2.39. The lowest BCUT2D eigenvalue weighted by molar-refractivity contribution is -0.137. The minimum Gasteiger partial charge on any atom is -0.355 e. The van der Waals surface area contributed by atoms with E-state index in [1.54, 1.807) is 29.3 Å². The molecule has 1 aliphatic carbocycles. The molecule has 2 N–H and O–H groups in total. The van der Waals surface area contributed by atoms with Crippen molar-refractivity contribution in [1.29, 1.82) is 0 Å². The number of piperidine rings is 1. The number of halogens is 3. The van der Waals surface area contributed by atoms with Gasteiger partial charge in [-0.05, 0) is 56.5 Å². The van der Waals surface area contributed by atoms with Gasteiger partial charge < -0.3 is 15.5 Å². The van der Waals surface area contributed by atoms with E-state index in [1.165, 1.54) is 6.07 Å². The Balaban J connectivity index is 1.37. The van der Waals surface area contributed by atoms with E-state index >= 15 is 0 Å². The Bertz CT molecular complexity index is 1490. The molecule has 2 aliphatic rings. The number of benzene rings is 1. The average molecular weight is 567 g/mol. The van der Waals surface area contributed by atoms with E-state index in [2.05, 4.69) is 20.6 Å². The van der Waals surface area contributed by atoms with E-state index in [-0.39, 0.29) is 24.4 Å². The maximum atomic E-state index is 13.5. The van der Waals surface area contributed by atoms with Crippen molar-refractivity contribution in [3.8, 4) is 0 Å². The van der Waals surface area contributed by atoms with Crippen LogP contribution >= 0.6 is 0 Å². The van der Waals surface area contributed by atoms with E-state index in [0.717, 1.165) is 23.4 Å². The van der Waals surface area contributed by atoms with Gasteiger partial charge in [-0.25, -0.2) is 14.8 Å². The van der Waals surface area contributed by atoms with Gasteiger partial charge in [-0.1, -0.05) is 29.9 Å². The van der Waals surface area contributed by atoms with Crippen LogP contribution in [0.15, 0.2) is 66.6 Å². The number of alkyl halides is 3. The van der Waals surface area contributed by atoms with E-state index in [9.17, 15) is 22.8 Å². The first-order valence-electron chi connectivity index (χ1n) is 13.6. The van der Waals surface area contributed by atoms with Crippen molar-refractivity contribution < 1.29 is 22.8 Å². The smallest absolute Gasteiger partial charge is 0.355 e. The molecule has 0 radical (unpaired) electrons. The fraction of sp³-hybridized carbons (Fsp3) is 0.400. The summed E-state index contributed by atoms with van der Waals surface area (Å²) in [7, 11) is 0. The second-order valence-corrected chi connectivity index (χ2v) is 11.5. The van der Waals surface area contributed by atoms with Crippen LogP contribution in [0.25, 0.3) is 11.4 Å². The molecule has 2 atom stereocenters. The number of likely N-dealkylation sites (tertiary alicyclic amines) is 1. The van der Waals surface area contributed by atoms with Gasteiger partial charge in [-0.3, -0.25) is 9.20 Å². The number of nitrogens with one attached hydrogen (secondary N) is 2. The molecule has 1 aliphatic heterocycles. The van der Waals surface area contributed by atoms with Gasteiger partial charge in [-0.2, -0.15) is 13.2 Å². The van der Waals surface area contributed by atoms with Gasteiger partial charge in [0.15, 0.2) is 0 Å². The van der Waals surface area contributed by atoms with Crippen molar-refractivity contribution >= 4 is 23.3 Å². The molecule has 41 heavy (non-hydrogen) atoms. The molecule has 0 saturated carbocycles. The lowest BCUT2D eigenvalue weighted by Gasteiger charge is -2.41. The number of aromatic nitrogens is 3. The number of rotatable bonds is 5. The molecule has 0 spiro atoms. The molecule has 11 heteroatoms. The predicted molar refractivity (Wildman–Crippen MR) is 149 cm³/mol. The van der Waals surface area contributed by atoms with Crippen LogP contribution in [0.5, 0.6) is 0 Å². The summed E-state index contributed by atoms with van der Waals surface area (Å²) in [6.07, 6.45) is 5.38. The third kappa shape index (κ3) is 6.44. The highest BCUT2D eigenvalue weighted by molar-refractivity contribution is 5.87. The van der Waals surface area contributed by atoms with Crippen LogP contribution in [0.2, 0.25) is 0 Å². The van der Waals surface area contributed by atoms with Gasteiger partial charge >= 0.3 is 12.2 Å². The van der Waals surface area contributed by atoms with Crippen molar-refractivity contribution in [2.75, 3.05) is 19.6 Å². The largest absolute Gasteiger partial charge is 0.416 e. The van der Waals surface area contributed by atoms with Gasteiger partial charge in [-0.15, -0.1) is 0 Å². The Morgan fingerprint density at radius 2 is 1.95 bits per heavy atom. The molecule has 5 rings (SSSR count). The monoisotopic (exact) mass is 566 g/mol. The summed E-state index contributed by atoms with van der Waals surface area (Å²) in [5, 5.41) is 5.97. The zero-order valence-electron chi connectivity index (χ0n) is 23.2. The molecular formula is C30H33F3N6O2. The maximum absolute atomic E-state index is 13.5. The van der Waals surface area contributed by atoms with Gasteiger partial charge in [0.05, 0.1) is 17.2 Å². The Hall–Kier alpha value is -4.15. The fourth-order valence-electron chi connectivity index (χ4n) is 5.42. The number of imidazole rings is 1. The Kier molecular flexibility index (Phi) is 7.63. The Morgan fingerprint density at radius 1 is 1.15 bits per heavy atom. The number of carbonyl (C=O) groups is 2. The number of hydrogen-bond acceptors (Lipinski definition) is 4. The summed E-state index contributed by atoms with van der Waals surface area (Å²) in [6, 6.07) is 6.82. The highest BCUT2D eigenvalue weighted by Crippen LogP contribution is 2.41. The van der Waals surface area contributed by atoms with Gasteiger partial charge in [0.1, 0.15) is 0 Å². The van der Waals surface area contributed by atoms with E-state index in [0.29, 0.717) is 42.8 Å². The predicted octanol–water partition coefficient (Wildman–Crippen LogP) is 4.88. The minimum atomic E-state index is -4.47. The molecule has 2 aromatic heterocycles. The first-order valence-corrected chi connectivity index (χ1v) is 13.6. The molecule has 1 fully saturated rings. The van der Waals surface area contributed by atoms with Crippen molar-refractivity contribution in [2.45, 2.75) is 45.3 Å². The third-order valence-electron chi connectivity index (χ3n) is 7.30. The van der Waals surface area contributed by atoms with Gasteiger partial charge in [0, 0.05) is 56.1 Å². The molecule has 0 bridgehead atoms. The number of urea groups is 1. The minimum absolute atomic E-state index is 0.202. The fourth-order valence-corrected chi connectivity index (χ4v) is 5.42. The summed E-state index contributed by atoms with van der Waals surface area (Å²) in [5.41, 5.74) is 1.64. The molecule has 3 aromatic rings. The van der Waals surface area contributed by atoms with Crippen LogP contribution in [-0.4, -0.2) is 56.4 Å². The second-order valence-electron chi connectivity index (χ2n) is 11.5. The highest BCUT2D eigenvalue weighted by atomic mass is 19.4. The number of hydrogen-bond donors (Lipinski definition) is 2. The zero-order chi connectivity index (χ0) is 29.4. The number of nitrogens with zero attached hydrogens (tertiary/aromatic N) is 4. The van der Waals surface area contributed by atoms with E-state index in [4.69, 9.17) is 0 Å². The molecular weight excluding hydrogens is 533 g/mol. The number of allylic oxidation sites excluding steroid dienone is 2. The summed E-state index contributed by atoms with van der Waals surface area (Å²) >= 11 is 0. The quantitative estimate of drug-likeness (QED) is 0.461. The van der Waals surface area contributed by atoms with Crippen LogP contribution in [0, 0.1) is 11.8 Å². The van der Waals surface area contributed by atoms with Gasteiger partial charge in [0.2, 0.25) is 11.7 Å². The normalized spacial score (nSPS) is 19.3. The number of carbonyl (C=O) groups excluding carboxylic acids is 2. The van der Waals surface area contributed by atoms with Crippen molar-refractivity contribution in [1.82, 2.24) is 29.9 Å². The number of fused-ring (bicyclic) bond motifs is 2. The van der Waals surface area contributed by atoms with E-state index in [1.807, 2.05) is 43.6 Å². The average Bonchev–Trinajstić information content (AvgIpc) is 3.33. The maximum Gasteiger partial charge on any atom is 0.416 e. The van der Waals surface area contributed by atoms with Crippen molar-refractivity contribution in [3.05, 3.63) is 83.5 Å². The summed E-state index contributed by atoms with van der Waals surface area (Å²) in [4.78, 5) is 36.8. The van der Waals surface area contributed by atoms with Crippen LogP contribution < -0.4 is 10.6 Å². The lowest BCUT2D eigenvalue weighted by Crippen LogP contribution is -2.53. The molecule has 3 heterocycles. The number of amides is 3. The molecule has 216 valence electrons. The van der Waals surface area contributed by atoms with Crippen LogP contribution in [-0.2, 0) is 17.4 Å². The first-order chi connectivity index (χ1) is 19.4. The standard InChI is InChI=1S/C30H33F3N6O2/c1-29(2,3)37-28(41)39-15-11-23-22(19-6-4-7-20(16-19)30(31,32)33)8-9-24(25(23)18-39)26(40)34-13-10-21-17-38-14-5-12-35-27(38)36-21/h4-9,12,14,16-17,24-25H,10-11,13,15,18H2,1-3H3,(H,34,40)(H,37,41). The van der Waals surface area contributed by atoms with Crippen molar-refractivity contribution in [2.24, 2.45) is 11.8 Å². The lowest BCUT2D eigenvalue weighted by atomic mass is 9.73. The van der Waals surface area contributed by atoms with Crippen molar-refractivity contribution in [3.63, 3.8) is 0 Å².